The van der Waals surface area contributed by atoms with E-state index in [4.69, 9.17) is 4.74 Å². The second-order valence-electron chi connectivity index (χ2n) is 6.41. The van der Waals surface area contributed by atoms with E-state index >= 15 is 0 Å². The molecular formula is C20H23N3O3. The highest BCUT2D eigenvalue weighted by Gasteiger charge is 2.19. The Morgan fingerprint density at radius 2 is 1.81 bits per heavy atom. The fraction of sp³-hybridized carbons (Fsp3) is 0.350. The van der Waals surface area contributed by atoms with Crippen LogP contribution in [0.3, 0.4) is 0 Å². The summed E-state index contributed by atoms with van der Waals surface area (Å²) >= 11 is 0. The average molecular weight is 353 g/mol. The number of hydrogen-bond donors (Lipinski definition) is 2. The van der Waals surface area contributed by atoms with Gasteiger partial charge in [-0.15, -0.1) is 0 Å². The molecule has 2 aromatic rings. The molecule has 2 N–H and O–H groups in total. The molecule has 3 rings (SSSR count). The van der Waals surface area contributed by atoms with Gasteiger partial charge in [-0.25, -0.2) is 0 Å². The van der Waals surface area contributed by atoms with Crippen molar-refractivity contribution in [2.45, 2.75) is 38.3 Å². The molecule has 0 aliphatic heterocycles. The summed E-state index contributed by atoms with van der Waals surface area (Å²) in [6.45, 7) is 0.335. The number of aromatic nitrogens is 1. The van der Waals surface area contributed by atoms with Crippen molar-refractivity contribution in [3.63, 3.8) is 0 Å². The summed E-state index contributed by atoms with van der Waals surface area (Å²) in [5.41, 5.74) is 1.65. The van der Waals surface area contributed by atoms with Crippen molar-refractivity contribution >= 4 is 11.8 Å². The van der Waals surface area contributed by atoms with Crippen LogP contribution in [0.25, 0.3) is 0 Å². The molecular weight excluding hydrogens is 330 g/mol. The minimum atomic E-state index is -0.279. The topological polar surface area (TPSA) is 80.3 Å². The van der Waals surface area contributed by atoms with Crippen molar-refractivity contribution < 1.29 is 14.3 Å². The lowest BCUT2D eigenvalue weighted by molar-refractivity contribution is 0.0937. The molecule has 0 radical (unpaired) electrons. The van der Waals surface area contributed by atoms with E-state index in [1.165, 1.54) is 12.4 Å². The fourth-order valence-corrected chi connectivity index (χ4v) is 3.15. The second-order valence-corrected chi connectivity index (χ2v) is 6.41. The maximum absolute atomic E-state index is 12.4. The van der Waals surface area contributed by atoms with Gasteiger partial charge in [0.15, 0.2) is 0 Å². The molecule has 1 fully saturated rings. The van der Waals surface area contributed by atoms with Crippen LogP contribution in [-0.2, 0) is 6.54 Å². The summed E-state index contributed by atoms with van der Waals surface area (Å²) in [4.78, 5) is 28.8. The predicted molar refractivity (Wildman–Crippen MR) is 98.1 cm³/mol. The number of nitrogens with one attached hydrogen (secondary N) is 2. The number of carbonyl (C=O) groups is 2. The number of amides is 2. The van der Waals surface area contributed by atoms with E-state index in [-0.39, 0.29) is 17.9 Å². The monoisotopic (exact) mass is 353 g/mol. The van der Waals surface area contributed by atoms with Crippen molar-refractivity contribution in [3.8, 4) is 5.75 Å². The van der Waals surface area contributed by atoms with Crippen molar-refractivity contribution in [1.82, 2.24) is 15.6 Å². The summed E-state index contributed by atoms with van der Waals surface area (Å²) in [5, 5.41) is 5.85. The summed E-state index contributed by atoms with van der Waals surface area (Å²) in [6, 6.07) is 9.31. The zero-order valence-corrected chi connectivity index (χ0v) is 14.8. The van der Waals surface area contributed by atoms with Crippen molar-refractivity contribution in [1.29, 1.82) is 0 Å². The first kappa shape index (κ1) is 17.9. The van der Waals surface area contributed by atoms with Gasteiger partial charge < -0.3 is 15.4 Å². The molecule has 1 saturated carbocycles. The number of methoxy groups -OCH3 is 1. The highest BCUT2D eigenvalue weighted by molar-refractivity contribution is 5.99. The van der Waals surface area contributed by atoms with E-state index in [0.29, 0.717) is 17.7 Å². The fourth-order valence-electron chi connectivity index (χ4n) is 3.15. The highest BCUT2D eigenvalue weighted by Crippen LogP contribution is 2.18. The van der Waals surface area contributed by atoms with E-state index in [1.54, 1.807) is 13.2 Å². The van der Waals surface area contributed by atoms with Crippen LogP contribution in [-0.4, -0.2) is 29.9 Å². The molecule has 136 valence electrons. The van der Waals surface area contributed by atoms with Crippen LogP contribution in [0.15, 0.2) is 42.7 Å². The molecule has 0 bridgehead atoms. The minimum Gasteiger partial charge on any atom is -0.496 e. The maximum atomic E-state index is 12.4. The van der Waals surface area contributed by atoms with Gasteiger partial charge in [0, 0.05) is 30.5 Å². The first-order chi connectivity index (χ1) is 12.7. The molecule has 1 aliphatic rings. The molecule has 6 heteroatoms. The number of benzene rings is 1. The number of carbonyl (C=O) groups excluding carboxylic acids is 2. The van der Waals surface area contributed by atoms with Crippen LogP contribution in [0.4, 0.5) is 0 Å². The molecule has 0 unspecified atom stereocenters. The second kappa shape index (κ2) is 8.47. The summed E-state index contributed by atoms with van der Waals surface area (Å²) in [5.74, 6) is 0.262. The largest absolute Gasteiger partial charge is 0.496 e. The van der Waals surface area contributed by atoms with E-state index in [0.717, 1.165) is 37.0 Å². The molecule has 1 heterocycles. The van der Waals surface area contributed by atoms with Gasteiger partial charge in [0.2, 0.25) is 0 Å². The van der Waals surface area contributed by atoms with Gasteiger partial charge in [0.1, 0.15) is 5.75 Å². The number of pyridine rings is 1. The first-order valence-electron chi connectivity index (χ1n) is 8.83. The maximum Gasteiger partial charge on any atom is 0.253 e. The molecule has 1 aliphatic carbocycles. The lowest BCUT2D eigenvalue weighted by Crippen LogP contribution is -2.33. The van der Waals surface area contributed by atoms with E-state index in [9.17, 15) is 9.59 Å². The molecule has 6 nitrogen and oxygen atoms in total. The molecule has 0 spiro atoms. The Morgan fingerprint density at radius 3 is 2.54 bits per heavy atom. The average Bonchev–Trinajstić information content (AvgIpc) is 3.19. The van der Waals surface area contributed by atoms with Crippen molar-refractivity contribution in [3.05, 3.63) is 59.4 Å². The van der Waals surface area contributed by atoms with E-state index in [2.05, 4.69) is 15.6 Å². The van der Waals surface area contributed by atoms with Crippen molar-refractivity contribution in [2.24, 2.45) is 0 Å². The Balaban J connectivity index is 1.63. The Morgan fingerprint density at radius 1 is 1.12 bits per heavy atom. The van der Waals surface area contributed by atoms with Crippen LogP contribution < -0.4 is 15.4 Å². The summed E-state index contributed by atoms with van der Waals surface area (Å²) < 4.78 is 5.28. The zero-order chi connectivity index (χ0) is 18.4. The number of ether oxygens (including phenoxy) is 1. The summed E-state index contributed by atoms with van der Waals surface area (Å²) in [7, 11) is 1.59. The Bertz CT molecular complexity index is 785. The van der Waals surface area contributed by atoms with Gasteiger partial charge in [-0.05, 0) is 25.0 Å². The molecule has 0 saturated heterocycles. The smallest absolute Gasteiger partial charge is 0.253 e. The van der Waals surface area contributed by atoms with Gasteiger partial charge in [0.05, 0.1) is 18.2 Å². The quantitative estimate of drug-likeness (QED) is 0.837. The first-order valence-corrected chi connectivity index (χ1v) is 8.83. The highest BCUT2D eigenvalue weighted by atomic mass is 16.5. The SMILES string of the molecule is COc1ccccc1CNC(=O)c1cncc(C(=O)NC2CCCC2)c1. The standard InChI is InChI=1S/C20H23N3O3/c1-26-18-9-5-2-6-14(18)13-22-19(24)15-10-16(12-21-11-15)20(25)23-17-7-3-4-8-17/h2,5-6,9-12,17H,3-4,7-8,13H2,1H3,(H,22,24)(H,23,25). The van der Waals surface area contributed by atoms with Crippen LogP contribution in [0, 0.1) is 0 Å². The van der Waals surface area contributed by atoms with E-state index < -0.39 is 0 Å². The van der Waals surface area contributed by atoms with Gasteiger partial charge in [-0.2, -0.15) is 0 Å². The van der Waals surface area contributed by atoms with E-state index in [1.807, 2.05) is 24.3 Å². The summed E-state index contributed by atoms with van der Waals surface area (Å²) in [6.07, 6.45) is 7.27. The van der Waals surface area contributed by atoms with Crippen LogP contribution in [0.5, 0.6) is 5.75 Å². The van der Waals surface area contributed by atoms with Gasteiger partial charge in [-0.3, -0.25) is 14.6 Å². The number of rotatable bonds is 6. The third-order valence-corrected chi connectivity index (χ3v) is 4.58. The van der Waals surface area contributed by atoms with Crippen LogP contribution >= 0.6 is 0 Å². The Kier molecular flexibility index (Phi) is 5.84. The molecule has 2 amide bonds. The van der Waals surface area contributed by atoms with Gasteiger partial charge in [-0.1, -0.05) is 31.0 Å². The van der Waals surface area contributed by atoms with Crippen LogP contribution in [0.1, 0.15) is 52.0 Å². The third-order valence-electron chi connectivity index (χ3n) is 4.58. The Labute approximate surface area is 153 Å². The normalized spacial score (nSPS) is 14.0. The molecule has 1 aromatic carbocycles. The lowest BCUT2D eigenvalue weighted by Gasteiger charge is -2.12. The molecule has 1 aromatic heterocycles. The van der Waals surface area contributed by atoms with Gasteiger partial charge >= 0.3 is 0 Å². The number of para-hydroxylation sites is 1. The van der Waals surface area contributed by atoms with Gasteiger partial charge in [0.25, 0.3) is 11.8 Å². The Hall–Kier alpha value is -2.89. The molecule has 26 heavy (non-hydrogen) atoms. The third kappa shape index (κ3) is 4.39. The zero-order valence-electron chi connectivity index (χ0n) is 14.8. The van der Waals surface area contributed by atoms with Crippen LogP contribution in [0.2, 0.25) is 0 Å². The minimum absolute atomic E-state index is 0.177. The predicted octanol–water partition coefficient (Wildman–Crippen LogP) is 2.69. The molecule has 0 atom stereocenters. The lowest BCUT2D eigenvalue weighted by atomic mass is 10.1. The van der Waals surface area contributed by atoms with Crippen molar-refractivity contribution in [2.75, 3.05) is 7.11 Å². The number of nitrogens with zero attached hydrogens (tertiary/aromatic N) is 1. The number of hydrogen-bond acceptors (Lipinski definition) is 4.